The average Bonchev–Trinajstić information content (AvgIpc) is 3.31. The molecular weight excluding hydrogens is 377 g/mol. The molecule has 1 aromatic heterocycles. The highest BCUT2D eigenvalue weighted by atomic mass is 32.2. The standard InChI is InChI=1S/C20H28FN5OS/c1-13(25(3)4)18-23-24-20(26(18)17-11-9-15(21)10-12-17)28-14(2)19(27)22-16-7-5-6-8-16/h9-14,16H,5-8H2,1-4H3,(H,22,27). The van der Waals surface area contributed by atoms with Gasteiger partial charge in [-0.25, -0.2) is 4.39 Å². The molecule has 1 fully saturated rings. The Balaban J connectivity index is 1.85. The van der Waals surface area contributed by atoms with Crippen LogP contribution < -0.4 is 5.32 Å². The van der Waals surface area contributed by atoms with E-state index < -0.39 is 0 Å². The SMILES string of the molecule is CC(Sc1nnc(C(C)N(C)C)n1-c1ccc(F)cc1)C(=O)NC1CCCC1. The molecule has 152 valence electrons. The summed E-state index contributed by atoms with van der Waals surface area (Å²) in [4.78, 5) is 14.6. The molecule has 0 spiro atoms. The molecule has 1 aromatic carbocycles. The monoisotopic (exact) mass is 405 g/mol. The average molecular weight is 406 g/mol. The highest BCUT2D eigenvalue weighted by molar-refractivity contribution is 8.00. The first-order valence-corrected chi connectivity index (χ1v) is 10.6. The molecule has 0 saturated heterocycles. The zero-order valence-corrected chi connectivity index (χ0v) is 17.7. The first-order chi connectivity index (χ1) is 13.4. The molecule has 0 aliphatic heterocycles. The van der Waals surface area contributed by atoms with Crippen LogP contribution in [0.25, 0.3) is 5.69 Å². The third kappa shape index (κ3) is 4.72. The molecule has 0 bridgehead atoms. The Kier molecular flexibility index (Phi) is 6.72. The number of carbonyl (C=O) groups is 1. The van der Waals surface area contributed by atoms with Gasteiger partial charge in [-0.3, -0.25) is 14.3 Å². The van der Waals surface area contributed by atoms with Crippen LogP contribution >= 0.6 is 11.8 Å². The molecule has 28 heavy (non-hydrogen) atoms. The second-order valence-corrected chi connectivity index (χ2v) is 8.85. The molecule has 1 aliphatic rings. The number of nitrogens with one attached hydrogen (secondary N) is 1. The van der Waals surface area contributed by atoms with Crippen LogP contribution in [0.2, 0.25) is 0 Å². The summed E-state index contributed by atoms with van der Waals surface area (Å²) in [5.74, 6) is 0.479. The van der Waals surface area contributed by atoms with Crippen LogP contribution in [0.4, 0.5) is 4.39 Å². The van der Waals surface area contributed by atoms with E-state index in [1.165, 1.54) is 36.7 Å². The number of aromatic nitrogens is 3. The van der Waals surface area contributed by atoms with Gasteiger partial charge >= 0.3 is 0 Å². The van der Waals surface area contributed by atoms with Crippen molar-refractivity contribution in [1.29, 1.82) is 0 Å². The van der Waals surface area contributed by atoms with Gasteiger partial charge in [-0.15, -0.1) is 10.2 Å². The molecule has 1 N–H and O–H groups in total. The summed E-state index contributed by atoms with van der Waals surface area (Å²) in [5.41, 5.74) is 0.779. The molecule has 1 heterocycles. The molecule has 6 nitrogen and oxygen atoms in total. The minimum atomic E-state index is -0.300. The molecule has 1 saturated carbocycles. The lowest BCUT2D eigenvalue weighted by molar-refractivity contribution is -0.120. The van der Waals surface area contributed by atoms with Gasteiger partial charge in [0.15, 0.2) is 11.0 Å². The highest BCUT2D eigenvalue weighted by Gasteiger charge is 2.26. The van der Waals surface area contributed by atoms with Gasteiger partial charge in [-0.1, -0.05) is 24.6 Å². The summed E-state index contributed by atoms with van der Waals surface area (Å²) in [6.07, 6.45) is 4.47. The van der Waals surface area contributed by atoms with Gasteiger partial charge < -0.3 is 5.32 Å². The van der Waals surface area contributed by atoms with Crippen molar-refractivity contribution >= 4 is 17.7 Å². The number of halogens is 1. The molecular formula is C20H28FN5OS. The lowest BCUT2D eigenvalue weighted by Crippen LogP contribution is -2.37. The van der Waals surface area contributed by atoms with Crippen LogP contribution in [-0.4, -0.2) is 51.0 Å². The van der Waals surface area contributed by atoms with Gasteiger partial charge in [0.1, 0.15) is 5.82 Å². The van der Waals surface area contributed by atoms with Crippen LogP contribution in [0.15, 0.2) is 29.4 Å². The molecule has 8 heteroatoms. The molecule has 3 rings (SSSR count). The minimum absolute atomic E-state index is 0.00882. The van der Waals surface area contributed by atoms with Gasteiger partial charge in [0.2, 0.25) is 5.91 Å². The number of hydrogen-bond acceptors (Lipinski definition) is 5. The molecule has 0 radical (unpaired) electrons. The zero-order valence-electron chi connectivity index (χ0n) is 16.9. The van der Waals surface area contributed by atoms with Crippen LogP contribution in [0.1, 0.15) is 51.4 Å². The van der Waals surface area contributed by atoms with Gasteiger partial charge in [-0.2, -0.15) is 0 Å². The number of rotatable bonds is 7. The second kappa shape index (κ2) is 9.05. The first kappa shape index (κ1) is 20.8. The van der Waals surface area contributed by atoms with E-state index in [0.29, 0.717) is 5.16 Å². The Morgan fingerprint density at radius 3 is 2.46 bits per heavy atom. The van der Waals surface area contributed by atoms with E-state index in [-0.39, 0.29) is 29.1 Å². The smallest absolute Gasteiger partial charge is 0.233 e. The Hall–Kier alpha value is -1.93. The van der Waals surface area contributed by atoms with E-state index in [9.17, 15) is 9.18 Å². The molecule has 1 aliphatic carbocycles. The lowest BCUT2D eigenvalue weighted by Gasteiger charge is -2.21. The maximum atomic E-state index is 13.4. The molecule has 2 atom stereocenters. The van der Waals surface area contributed by atoms with E-state index in [2.05, 4.69) is 15.5 Å². The Morgan fingerprint density at radius 2 is 1.86 bits per heavy atom. The number of benzene rings is 1. The second-order valence-electron chi connectivity index (χ2n) is 7.54. The lowest BCUT2D eigenvalue weighted by atomic mass is 10.2. The summed E-state index contributed by atoms with van der Waals surface area (Å²) in [6.45, 7) is 3.92. The van der Waals surface area contributed by atoms with Crippen LogP contribution in [0, 0.1) is 5.82 Å². The number of carbonyl (C=O) groups excluding carboxylic acids is 1. The highest BCUT2D eigenvalue weighted by Crippen LogP contribution is 2.29. The number of amides is 1. The van der Waals surface area contributed by atoms with Gasteiger partial charge in [-0.05, 0) is 65.0 Å². The predicted molar refractivity (Wildman–Crippen MR) is 109 cm³/mol. The van der Waals surface area contributed by atoms with Crippen molar-refractivity contribution in [2.45, 2.75) is 62.0 Å². The van der Waals surface area contributed by atoms with E-state index in [1.54, 1.807) is 12.1 Å². The van der Waals surface area contributed by atoms with Gasteiger partial charge in [0, 0.05) is 11.7 Å². The van der Waals surface area contributed by atoms with Crippen LogP contribution in [-0.2, 0) is 4.79 Å². The van der Waals surface area contributed by atoms with Crippen molar-refractivity contribution in [2.75, 3.05) is 14.1 Å². The van der Waals surface area contributed by atoms with E-state index in [4.69, 9.17) is 0 Å². The van der Waals surface area contributed by atoms with Crippen LogP contribution in [0.3, 0.4) is 0 Å². The van der Waals surface area contributed by atoms with Crippen molar-refractivity contribution in [1.82, 2.24) is 25.0 Å². The van der Waals surface area contributed by atoms with Crippen molar-refractivity contribution < 1.29 is 9.18 Å². The minimum Gasteiger partial charge on any atom is -0.352 e. The fourth-order valence-electron chi connectivity index (χ4n) is 3.29. The van der Waals surface area contributed by atoms with E-state index >= 15 is 0 Å². The topological polar surface area (TPSA) is 63.1 Å². The molecule has 2 aromatic rings. The van der Waals surface area contributed by atoms with Crippen molar-refractivity contribution in [3.63, 3.8) is 0 Å². The number of nitrogens with zero attached hydrogens (tertiary/aromatic N) is 4. The largest absolute Gasteiger partial charge is 0.352 e. The third-order valence-electron chi connectivity index (χ3n) is 5.24. The van der Waals surface area contributed by atoms with E-state index in [0.717, 1.165) is 24.4 Å². The Morgan fingerprint density at radius 1 is 1.21 bits per heavy atom. The Labute approximate surface area is 169 Å². The first-order valence-electron chi connectivity index (χ1n) is 9.71. The van der Waals surface area contributed by atoms with Gasteiger partial charge in [0.25, 0.3) is 0 Å². The summed E-state index contributed by atoms with van der Waals surface area (Å²) >= 11 is 1.38. The quantitative estimate of drug-likeness (QED) is 0.714. The molecule has 1 amide bonds. The number of thioether (sulfide) groups is 1. The van der Waals surface area contributed by atoms with Crippen molar-refractivity contribution in [3.05, 3.63) is 35.9 Å². The number of hydrogen-bond donors (Lipinski definition) is 1. The maximum absolute atomic E-state index is 13.4. The van der Waals surface area contributed by atoms with Crippen molar-refractivity contribution in [3.8, 4) is 5.69 Å². The van der Waals surface area contributed by atoms with Crippen LogP contribution in [0.5, 0.6) is 0 Å². The zero-order chi connectivity index (χ0) is 20.3. The maximum Gasteiger partial charge on any atom is 0.233 e. The van der Waals surface area contributed by atoms with Gasteiger partial charge in [0.05, 0.1) is 11.3 Å². The normalized spacial score (nSPS) is 17.1. The third-order valence-corrected chi connectivity index (χ3v) is 6.29. The fraction of sp³-hybridized carbons (Fsp3) is 0.550. The fourth-order valence-corrected chi connectivity index (χ4v) is 4.18. The Bertz CT molecular complexity index is 801. The summed E-state index contributed by atoms with van der Waals surface area (Å²) < 4.78 is 15.3. The summed E-state index contributed by atoms with van der Waals surface area (Å²) in [6, 6.07) is 6.55. The van der Waals surface area contributed by atoms with E-state index in [1.807, 2.05) is 37.4 Å². The summed E-state index contributed by atoms with van der Waals surface area (Å²) in [7, 11) is 3.94. The molecule has 2 unspecified atom stereocenters. The summed E-state index contributed by atoms with van der Waals surface area (Å²) in [5, 5.41) is 12.2. The predicted octanol–water partition coefficient (Wildman–Crippen LogP) is 3.57. The van der Waals surface area contributed by atoms with Crippen molar-refractivity contribution in [2.24, 2.45) is 0 Å².